The molecule has 0 aliphatic carbocycles. The lowest BCUT2D eigenvalue weighted by Gasteiger charge is -2.03. The maximum atomic E-state index is 9.28. The molecule has 0 saturated carbocycles. The normalized spacial score (nSPS) is 31.0. The van der Waals surface area contributed by atoms with Gasteiger partial charge in [-0.15, -0.1) is 11.3 Å². The fraction of sp³-hybridized carbons (Fsp3) is 0.500. The molecular weight excluding hydrogens is 176 g/mol. The van der Waals surface area contributed by atoms with E-state index in [9.17, 15) is 5.11 Å². The minimum absolute atomic E-state index is 0.0768. The summed E-state index contributed by atoms with van der Waals surface area (Å²) in [4.78, 5) is 1.41. The number of aliphatic hydroxyl groups excluding tert-OH is 1. The van der Waals surface area contributed by atoms with Gasteiger partial charge in [-0.2, -0.15) is 11.8 Å². The van der Waals surface area contributed by atoms with Gasteiger partial charge in [0.05, 0.1) is 6.10 Å². The van der Waals surface area contributed by atoms with Gasteiger partial charge in [0, 0.05) is 15.9 Å². The minimum atomic E-state index is -0.0768. The predicted molar refractivity (Wildman–Crippen MR) is 50.1 cm³/mol. The van der Waals surface area contributed by atoms with Gasteiger partial charge < -0.3 is 5.11 Å². The molecule has 2 atom stereocenters. The van der Waals surface area contributed by atoms with Crippen LogP contribution in [0.5, 0.6) is 0 Å². The average Bonchev–Trinajstić information content (AvgIpc) is 2.55. The van der Waals surface area contributed by atoms with Crippen LogP contribution in [0, 0.1) is 0 Å². The molecule has 1 saturated heterocycles. The first kappa shape index (κ1) is 7.65. The van der Waals surface area contributed by atoms with Crippen molar-refractivity contribution >= 4 is 23.1 Å². The Balaban J connectivity index is 2.08. The van der Waals surface area contributed by atoms with Crippen LogP contribution in [0.4, 0.5) is 0 Å². The van der Waals surface area contributed by atoms with Crippen LogP contribution in [0.1, 0.15) is 16.5 Å². The highest BCUT2D eigenvalue weighted by molar-refractivity contribution is 7.99. The van der Waals surface area contributed by atoms with Gasteiger partial charge in [-0.1, -0.05) is 6.07 Å². The lowest BCUT2D eigenvalue weighted by atomic mass is 10.2. The van der Waals surface area contributed by atoms with Crippen LogP contribution in [0.3, 0.4) is 0 Å². The smallest absolute Gasteiger partial charge is 0.0644 e. The van der Waals surface area contributed by atoms with E-state index < -0.39 is 0 Å². The molecule has 0 amide bonds. The summed E-state index contributed by atoms with van der Waals surface area (Å²) < 4.78 is 0. The first-order chi connectivity index (χ1) is 5.36. The first-order valence-electron chi connectivity index (χ1n) is 3.69. The van der Waals surface area contributed by atoms with Crippen LogP contribution < -0.4 is 0 Å². The molecule has 0 bridgehead atoms. The molecule has 2 rings (SSSR count). The van der Waals surface area contributed by atoms with Crippen molar-refractivity contribution in [2.24, 2.45) is 0 Å². The first-order valence-corrected chi connectivity index (χ1v) is 5.62. The topological polar surface area (TPSA) is 20.2 Å². The van der Waals surface area contributed by atoms with Crippen LogP contribution in [0.2, 0.25) is 0 Å². The summed E-state index contributed by atoms with van der Waals surface area (Å²) >= 11 is 3.66. The molecule has 11 heavy (non-hydrogen) atoms. The second-order valence-electron chi connectivity index (χ2n) is 2.73. The van der Waals surface area contributed by atoms with Gasteiger partial charge in [-0.05, 0) is 17.9 Å². The molecule has 0 radical (unpaired) electrons. The van der Waals surface area contributed by atoms with Gasteiger partial charge >= 0.3 is 0 Å². The number of hydrogen-bond donors (Lipinski definition) is 1. The standard InChI is InChI=1S/C8H10OS2/c9-6-4-8(11-5-6)7-2-1-3-10-7/h1-3,6,8-9H,4-5H2. The molecule has 1 aromatic heterocycles. The Morgan fingerprint density at radius 1 is 1.55 bits per heavy atom. The van der Waals surface area contributed by atoms with E-state index in [1.807, 2.05) is 11.8 Å². The zero-order valence-electron chi connectivity index (χ0n) is 6.06. The van der Waals surface area contributed by atoms with Crippen molar-refractivity contribution in [3.63, 3.8) is 0 Å². The summed E-state index contributed by atoms with van der Waals surface area (Å²) in [6, 6.07) is 4.23. The SMILES string of the molecule is OC1CSC(c2cccs2)C1. The van der Waals surface area contributed by atoms with Gasteiger partial charge in [-0.3, -0.25) is 0 Å². The van der Waals surface area contributed by atoms with E-state index >= 15 is 0 Å². The second-order valence-corrected chi connectivity index (χ2v) is 4.94. The van der Waals surface area contributed by atoms with Crippen LogP contribution in [-0.4, -0.2) is 17.0 Å². The molecule has 0 spiro atoms. The van der Waals surface area contributed by atoms with Crippen molar-refractivity contribution in [2.45, 2.75) is 17.8 Å². The Labute approximate surface area is 74.4 Å². The third kappa shape index (κ3) is 1.60. The molecule has 2 heterocycles. The number of aliphatic hydroxyl groups is 1. The highest BCUT2D eigenvalue weighted by Crippen LogP contribution is 2.41. The van der Waals surface area contributed by atoms with Gasteiger partial charge in [0.25, 0.3) is 0 Å². The van der Waals surface area contributed by atoms with Crippen LogP contribution >= 0.6 is 23.1 Å². The van der Waals surface area contributed by atoms with Gasteiger partial charge in [0.2, 0.25) is 0 Å². The van der Waals surface area contributed by atoms with Crippen molar-refractivity contribution < 1.29 is 5.11 Å². The Bertz CT molecular complexity index is 220. The molecule has 1 nitrogen and oxygen atoms in total. The summed E-state index contributed by atoms with van der Waals surface area (Å²) in [7, 11) is 0. The highest BCUT2D eigenvalue weighted by atomic mass is 32.2. The molecule has 1 fully saturated rings. The van der Waals surface area contributed by atoms with E-state index in [2.05, 4.69) is 17.5 Å². The molecule has 1 N–H and O–H groups in total. The Morgan fingerprint density at radius 3 is 3.00 bits per heavy atom. The summed E-state index contributed by atoms with van der Waals surface area (Å²) in [6.45, 7) is 0. The largest absolute Gasteiger partial charge is 0.392 e. The Morgan fingerprint density at radius 2 is 2.45 bits per heavy atom. The zero-order chi connectivity index (χ0) is 7.68. The zero-order valence-corrected chi connectivity index (χ0v) is 7.70. The second kappa shape index (κ2) is 3.17. The summed E-state index contributed by atoms with van der Waals surface area (Å²) in [5, 5.41) is 11.9. The highest BCUT2D eigenvalue weighted by Gasteiger charge is 2.24. The number of hydrogen-bond acceptors (Lipinski definition) is 3. The lowest BCUT2D eigenvalue weighted by molar-refractivity contribution is 0.197. The molecule has 3 heteroatoms. The number of thiophene rings is 1. The van der Waals surface area contributed by atoms with E-state index in [1.54, 1.807) is 11.3 Å². The molecule has 1 aromatic rings. The van der Waals surface area contributed by atoms with Crippen molar-refractivity contribution in [1.29, 1.82) is 0 Å². The average molecular weight is 186 g/mol. The third-order valence-electron chi connectivity index (χ3n) is 1.84. The minimum Gasteiger partial charge on any atom is -0.392 e. The van der Waals surface area contributed by atoms with E-state index in [0.717, 1.165) is 12.2 Å². The van der Waals surface area contributed by atoms with E-state index in [-0.39, 0.29) is 6.10 Å². The van der Waals surface area contributed by atoms with Crippen molar-refractivity contribution in [3.05, 3.63) is 22.4 Å². The third-order valence-corrected chi connectivity index (χ3v) is 4.40. The van der Waals surface area contributed by atoms with Crippen LogP contribution in [-0.2, 0) is 0 Å². The van der Waals surface area contributed by atoms with E-state index in [1.165, 1.54) is 4.88 Å². The fourth-order valence-electron chi connectivity index (χ4n) is 1.28. The quantitative estimate of drug-likeness (QED) is 0.726. The molecule has 1 aliphatic rings. The van der Waals surface area contributed by atoms with E-state index in [0.29, 0.717) is 5.25 Å². The monoisotopic (exact) mass is 186 g/mol. The van der Waals surface area contributed by atoms with Gasteiger partial charge in [-0.25, -0.2) is 0 Å². The molecule has 0 aromatic carbocycles. The van der Waals surface area contributed by atoms with Crippen LogP contribution in [0.15, 0.2) is 17.5 Å². The van der Waals surface area contributed by atoms with Crippen LogP contribution in [0.25, 0.3) is 0 Å². The molecule has 60 valence electrons. The lowest BCUT2D eigenvalue weighted by Crippen LogP contribution is -2.02. The maximum Gasteiger partial charge on any atom is 0.0644 e. The molecule has 2 unspecified atom stereocenters. The Hall–Kier alpha value is 0.01000. The summed E-state index contributed by atoms with van der Waals surface area (Å²) in [5.41, 5.74) is 0. The maximum absolute atomic E-state index is 9.28. The fourth-order valence-corrected chi connectivity index (χ4v) is 3.56. The van der Waals surface area contributed by atoms with E-state index in [4.69, 9.17) is 0 Å². The Kier molecular flexibility index (Phi) is 2.20. The van der Waals surface area contributed by atoms with Crippen molar-refractivity contribution in [2.75, 3.05) is 5.75 Å². The molecule has 1 aliphatic heterocycles. The number of thioether (sulfide) groups is 1. The van der Waals surface area contributed by atoms with Crippen molar-refractivity contribution in [1.82, 2.24) is 0 Å². The van der Waals surface area contributed by atoms with Gasteiger partial charge in [0.1, 0.15) is 0 Å². The number of rotatable bonds is 1. The van der Waals surface area contributed by atoms with Crippen molar-refractivity contribution in [3.8, 4) is 0 Å². The predicted octanol–water partition coefficient (Wildman–Crippen LogP) is 2.29. The van der Waals surface area contributed by atoms with Gasteiger partial charge in [0.15, 0.2) is 0 Å². The summed E-state index contributed by atoms with van der Waals surface area (Å²) in [5.74, 6) is 0.905. The molecular formula is C8H10OS2. The summed E-state index contributed by atoms with van der Waals surface area (Å²) in [6.07, 6.45) is 0.859.